The first kappa shape index (κ1) is 18.5. The van der Waals surface area contributed by atoms with Gasteiger partial charge < -0.3 is 10.6 Å². The summed E-state index contributed by atoms with van der Waals surface area (Å²) in [6.07, 6.45) is -3.78. The van der Waals surface area contributed by atoms with Crippen LogP contribution >= 0.6 is 15.9 Å². The van der Waals surface area contributed by atoms with E-state index in [1.54, 1.807) is 0 Å². The zero-order valence-corrected chi connectivity index (χ0v) is 14.9. The molecule has 0 aliphatic carbocycles. The van der Waals surface area contributed by atoms with Crippen molar-refractivity contribution in [2.75, 3.05) is 10.6 Å². The van der Waals surface area contributed by atoms with Crippen molar-refractivity contribution in [1.29, 1.82) is 0 Å². The van der Waals surface area contributed by atoms with E-state index < -0.39 is 11.9 Å². The molecular formula is C16H18BrF3N4. The lowest BCUT2D eigenvalue weighted by Gasteiger charge is -2.15. The SMILES string of the molecule is CC[C@H](C)Nc1nc(NCc2cccc(Br)c2)cc(C(F)(F)F)n1. The van der Waals surface area contributed by atoms with Gasteiger partial charge in [0.05, 0.1) is 0 Å². The van der Waals surface area contributed by atoms with Gasteiger partial charge in [0.15, 0.2) is 5.69 Å². The number of alkyl halides is 3. The molecule has 2 rings (SSSR count). The van der Waals surface area contributed by atoms with E-state index >= 15 is 0 Å². The standard InChI is InChI=1S/C16H18BrF3N4/c1-3-10(2)22-15-23-13(16(18,19)20)8-14(24-15)21-9-11-5-4-6-12(17)7-11/h4-8,10H,3,9H2,1-2H3,(H2,21,22,23,24)/t10-/m0/s1. The van der Waals surface area contributed by atoms with Crippen molar-refractivity contribution in [3.8, 4) is 0 Å². The van der Waals surface area contributed by atoms with Crippen LogP contribution in [0, 0.1) is 0 Å². The zero-order chi connectivity index (χ0) is 17.7. The largest absolute Gasteiger partial charge is 0.433 e. The number of halogens is 4. The van der Waals surface area contributed by atoms with Gasteiger partial charge in [-0.15, -0.1) is 0 Å². The summed E-state index contributed by atoms with van der Waals surface area (Å²) in [4.78, 5) is 7.69. The van der Waals surface area contributed by atoms with Crippen LogP contribution in [0.1, 0.15) is 31.5 Å². The number of hydrogen-bond donors (Lipinski definition) is 2. The van der Waals surface area contributed by atoms with Crippen LogP contribution in [0.4, 0.5) is 24.9 Å². The Bertz CT molecular complexity index is 691. The van der Waals surface area contributed by atoms with Gasteiger partial charge in [-0.3, -0.25) is 0 Å². The minimum atomic E-state index is -4.53. The van der Waals surface area contributed by atoms with Gasteiger partial charge in [-0.25, -0.2) is 4.98 Å². The molecule has 0 bridgehead atoms. The van der Waals surface area contributed by atoms with Gasteiger partial charge in [0, 0.05) is 23.1 Å². The average molecular weight is 403 g/mol. The molecule has 0 aliphatic rings. The van der Waals surface area contributed by atoms with E-state index in [0.717, 1.165) is 22.5 Å². The molecule has 1 aromatic carbocycles. The van der Waals surface area contributed by atoms with E-state index in [0.29, 0.717) is 6.54 Å². The van der Waals surface area contributed by atoms with Crippen molar-refractivity contribution in [3.63, 3.8) is 0 Å². The number of anilines is 2. The number of nitrogens with zero attached hydrogens (tertiary/aromatic N) is 2. The molecular weight excluding hydrogens is 385 g/mol. The Balaban J connectivity index is 2.22. The van der Waals surface area contributed by atoms with Crippen LogP contribution in [0.5, 0.6) is 0 Å². The Morgan fingerprint density at radius 1 is 1.21 bits per heavy atom. The smallest absolute Gasteiger partial charge is 0.366 e. The lowest BCUT2D eigenvalue weighted by atomic mass is 10.2. The minimum absolute atomic E-state index is 0.0218. The summed E-state index contributed by atoms with van der Waals surface area (Å²) in [6, 6.07) is 8.40. The van der Waals surface area contributed by atoms with Gasteiger partial charge >= 0.3 is 6.18 Å². The lowest BCUT2D eigenvalue weighted by molar-refractivity contribution is -0.141. The monoisotopic (exact) mass is 402 g/mol. The van der Waals surface area contributed by atoms with E-state index in [1.807, 2.05) is 38.1 Å². The van der Waals surface area contributed by atoms with Gasteiger partial charge in [0.25, 0.3) is 0 Å². The van der Waals surface area contributed by atoms with Crippen LogP contribution in [-0.2, 0) is 12.7 Å². The second-order valence-electron chi connectivity index (χ2n) is 5.40. The zero-order valence-electron chi connectivity index (χ0n) is 13.3. The topological polar surface area (TPSA) is 49.8 Å². The maximum atomic E-state index is 13.0. The molecule has 8 heteroatoms. The fourth-order valence-electron chi connectivity index (χ4n) is 1.91. The van der Waals surface area contributed by atoms with Gasteiger partial charge in [-0.05, 0) is 31.0 Å². The number of nitrogens with one attached hydrogen (secondary N) is 2. The van der Waals surface area contributed by atoms with Gasteiger partial charge in [0.2, 0.25) is 5.95 Å². The predicted octanol–water partition coefficient (Wildman–Crippen LogP) is 5.08. The lowest BCUT2D eigenvalue weighted by Crippen LogP contribution is -2.19. The van der Waals surface area contributed by atoms with E-state index in [4.69, 9.17) is 0 Å². The highest BCUT2D eigenvalue weighted by molar-refractivity contribution is 9.10. The maximum absolute atomic E-state index is 13.0. The first-order chi connectivity index (χ1) is 11.3. The van der Waals surface area contributed by atoms with E-state index in [1.165, 1.54) is 0 Å². The summed E-state index contributed by atoms with van der Waals surface area (Å²) >= 11 is 3.36. The number of benzene rings is 1. The van der Waals surface area contributed by atoms with Crippen molar-refractivity contribution in [1.82, 2.24) is 9.97 Å². The third kappa shape index (κ3) is 5.36. The highest BCUT2D eigenvalue weighted by Gasteiger charge is 2.33. The summed E-state index contributed by atoms with van der Waals surface area (Å²) in [7, 11) is 0. The first-order valence-electron chi connectivity index (χ1n) is 7.49. The summed E-state index contributed by atoms with van der Waals surface area (Å²) in [5.74, 6) is 0.0963. The molecule has 24 heavy (non-hydrogen) atoms. The quantitative estimate of drug-likeness (QED) is 0.707. The molecule has 0 fully saturated rings. The number of aromatic nitrogens is 2. The molecule has 4 nitrogen and oxygen atoms in total. The summed E-state index contributed by atoms with van der Waals surface area (Å²) in [6.45, 7) is 4.15. The molecule has 130 valence electrons. The third-order valence-corrected chi connectivity index (χ3v) is 3.86. The molecule has 1 atom stereocenters. The molecule has 0 amide bonds. The Morgan fingerprint density at radius 3 is 2.58 bits per heavy atom. The van der Waals surface area contributed by atoms with Crippen LogP contribution in [0.2, 0.25) is 0 Å². The number of rotatable bonds is 6. The van der Waals surface area contributed by atoms with Crippen LogP contribution in [0.25, 0.3) is 0 Å². The summed E-state index contributed by atoms with van der Waals surface area (Å²) < 4.78 is 40.0. The van der Waals surface area contributed by atoms with Crippen LogP contribution < -0.4 is 10.6 Å². The first-order valence-corrected chi connectivity index (χ1v) is 8.28. The predicted molar refractivity (Wildman–Crippen MR) is 91.9 cm³/mol. The second-order valence-corrected chi connectivity index (χ2v) is 6.31. The van der Waals surface area contributed by atoms with Crippen LogP contribution in [0.15, 0.2) is 34.8 Å². The molecule has 0 spiro atoms. The molecule has 2 aromatic rings. The fraction of sp³-hybridized carbons (Fsp3) is 0.375. The highest BCUT2D eigenvalue weighted by Crippen LogP contribution is 2.30. The van der Waals surface area contributed by atoms with Crippen molar-refractivity contribution >= 4 is 27.7 Å². The average Bonchev–Trinajstić information content (AvgIpc) is 2.52. The molecule has 1 aromatic heterocycles. The Kier molecular flexibility index (Phi) is 6.04. The minimum Gasteiger partial charge on any atom is -0.366 e. The van der Waals surface area contributed by atoms with Crippen molar-refractivity contribution in [2.24, 2.45) is 0 Å². The molecule has 1 heterocycles. The van der Waals surface area contributed by atoms with E-state index in [9.17, 15) is 13.2 Å². The Morgan fingerprint density at radius 2 is 1.96 bits per heavy atom. The second kappa shape index (κ2) is 7.83. The summed E-state index contributed by atoms with van der Waals surface area (Å²) in [5, 5.41) is 5.80. The molecule has 0 saturated heterocycles. The normalized spacial score (nSPS) is 12.8. The molecule has 0 aliphatic heterocycles. The molecule has 0 saturated carbocycles. The van der Waals surface area contributed by atoms with Crippen LogP contribution in [0.3, 0.4) is 0 Å². The van der Waals surface area contributed by atoms with Gasteiger partial charge in [0.1, 0.15) is 5.82 Å². The molecule has 0 unspecified atom stereocenters. The fourth-order valence-corrected chi connectivity index (χ4v) is 2.36. The van der Waals surface area contributed by atoms with E-state index in [-0.39, 0.29) is 17.8 Å². The number of hydrogen-bond acceptors (Lipinski definition) is 4. The van der Waals surface area contributed by atoms with Crippen molar-refractivity contribution in [3.05, 3.63) is 46.1 Å². The summed E-state index contributed by atoms with van der Waals surface area (Å²) in [5.41, 5.74) is -0.0481. The third-order valence-electron chi connectivity index (χ3n) is 3.37. The van der Waals surface area contributed by atoms with Gasteiger partial charge in [-0.1, -0.05) is 35.0 Å². The van der Waals surface area contributed by atoms with Crippen molar-refractivity contribution < 1.29 is 13.2 Å². The van der Waals surface area contributed by atoms with Crippen LogP contribution in [-0.4, -0.2) is 16.0 Å². The van der Waals surface area contributed by atoms with E-state index in [2.05, 4.69) is 36.5 Å². The maximum Gasteiger partial charge on any atom is 0.433 e. The Hall–Kier alpha value is -1.83. The van der Waals surface area contributed by atoms with Gasteiger partial charge in [-0.2, -0.15) is 18.2 Å². The molecule has 0 radical (unpaired) electrons. The highest BCUT2D eigenvalue weighted by atomic mass is 79.9. The van der Waals surface area contributed by atoms with Crippen molar-refractivity contribution in [2.45, 2.75) is 39.0 Å². The molecule has 2 N–H and O–H groups in total. The Labute approximate surface area is 147 Å².